The summed E-state index contributed by atoms with van der Waals surface area (Å²) in [5.74, 6) is 0.762. The molecule has 0 aliphatic carbocycles. The lowest BCUT2D eigenvalue weighted by Crippen LogP contribution is -2.04. The molecule has 0 saturated heterocycles. The number of aryl methyl sites for hydroxylation is 2. The van der Waals surface area contributed by atoms with Crippen LogP contribution in [0.25, 0.3) is 11.0 Å². The van der Waals surface area contributed by atoms with Crippen molar-refractivity contribution in [2.75, 3.05) is 5.32 Å². The fourth-order valence-corrected chi connectivity index (χ4v) is 2.43. The van der Waals surface area contributed by atoms with Crippen LogP contribution in [0.2, 0.25) is 5.02 Å². The summed E-state index contributed by atoms with van der Waals surface area (Å²) in [7, 11) is 1.89. The van der Waals surface area contributed by atoms with Gasteiger partial charge < -0.3 is 5.32 Å². The molecule has 0 saturated carbocycles. The van der Waals surface area contributed by atoms with Gasteiger partial charge in [-0.25, -0.2) is 9.97 Å². The monoisotopic (exact) mass is 287 g/mol. The first-order valence-electron chi connectivity index (χ1n) is 6.28. The summed E-state index contributed by atoms with van der Waals surface area (Å²) < 4.78 is 1.79. The van der Waals surface area contributed by atoms with E-state index in [2.05, 4.69) is 20.4 Å². The van der Waals surface area contributed by atoms with E-state index in [0.717, 1.165) is 33.1 Å². The van der Waals surface area contributed by atoms with Gasteiger partial charge in [0.15, 0.2) is 5.82 Å². The minimum Gasteiger partial charge on any atom is -0.364 e. The van der Waals surface area contributed by atoms with E-state index in [9.17, 15) is 0 Å². The normalized spacial score (nSPS) is 10.9. The maximum Gasteiger partial charge on any atom is 0.155 e. The molecule has 0 atom stereocenters. The molecular weight excluding hydrogens is 274 g/mol. The molecule has 0 aliphatic rings. The fraction of sp³-hybridized carbons (Fsp3) is 0.214. The molecule has 3 rings (SSSR count). The van der Waals surface area contributed by atoms with E-state index in [1.54, 1.807) is 11.0 Å². The molecule has 20 heavy (non-hydrogen) atoms. The Morgan fingerprint density at radius 3 is 2.85 bits per heavy atom. The van der Waals surface area contributed by atoms with Gasteiger partial charge in [-0.1, -0.05) is 29.8 Å². The highest BCUT2D eigenvalue weighted by Gasteiger charge is 2.11. The topological polar surface area (TPSA) is 55.6 Å². The molecule has 1 N–H and O–H groups in total. The predicted molar refractivity (Wildman–Crippen MR) is 79.8 cm³/mol. The number of nitrogens with zero attached hydrogens (tertiary/aromatic N) is 4. The summed E-state index contributed by atoms with van der Waals surface area (Å²) in [4.78, 5) is 8.57. The highest BCUT2D eigenvalue weighted by molar-refractivity contribution is 6.31. The predicted octanol–water partition coefficient (Wildman–Crippen LogP) is 2.94. The average Bonchev–Trinajstić information content (AvgIpc) is 2.74. The first kappa shape index (κ1) is 12.9. The molecule has 2 aromatic heterocycles. The second-order valence-electron chi connectivity index (χ2n) is 4.57. The second-order valence-corrected chi connectivity index (χ2v) is 4.98. The lowest BCUT2D eigenvalue weighted by molar-refractivity contribution is 0.782. The highest BCUT2D eigenvalue weighted by atomic mass is 35.5. The summed E-state index contributed by atoms with van der Waals surface area (Å²) in [6.07, 6.45) is 1.55. The van der Waals surface area contributed by atoms with E-state index >= 15 is 0 Å². The van der Waals surface area contributed by atoms with Gasteiger partial charge in [-0.3, -0.25) is 4.68 Å². The molecule has 0 amide bonds. The number of fused-ring (bicyclic) bond motifs is 1. The quantitative estimate of drug-likeness (QED) is 0.805. The number of rotatable bonds is 3. The van der Waals surface area contributed by atoms with E-state index in [-0.39, 0.29) is 0 Å². The van der Waals surface area contributed by atoms with Crippen LogP contribution in [-0.2, 0) is 13.6 Å². The number of halogens is 1. The van der Waals surface area contributed by atoms with Crippen molar-refractivity contribution in [1.82, 2.24) is 19.7 Å². The number of hydrogen-bond donors (Lipinski definition) is 1. The van der Waals surface area contributed by atoms with E-state index in [0.29, 0.717) is 6.54 Å². The molecule has 0 bridgehead atoms. The highest BCUT2D eigenvalue weighted by Crippen LogP contribution is 2.22. The van der Waals surface area contributed by atoms with Crippen LogP contribution in [0.5, 0.6) is 0 Å². The van der Waals surface area contributed by atoms with Gasteiger partial charge in [-0.15, -0.1) is 0 Å². The van der Waals surface area contributed by atoms with Crippen molar-refractivity contribution < 1.29 is 0 Å². The summed E-state index contributed by atoms with van der Waals surface area (Å²) in [5, 5.41) is 8.42. The van der Waals surface area contributed by atoms with Crippen molar-refractivity contribution in [2.45, 2.75) is 13.5 Å². The zero-order valence-electron chi connectivity index (χ0n) is 11.3. The molecule has 5 nitrogen and oxygen atoms in total. The van der Waals surface area contributed by atoms with Gasteiger partial charge in [-0.2, -0.15) is 5.10 Å². The zero-order chi connectivity index (χ0) is 14.1. The van der Waals surface area contributed by atoms with Crippen LogP contribution in [0, 0.1) is 6.92 Å². The number of nitrogens with one attached hydrogen (secondary N) is 1. The molecule has 0 radical (unpaired) electrons. The van der Waals surface area contributed by atoms with Gasteiger partial charge in [-0.05, 0) is 18.6 Å². The van der Waals surface area contributed by atoms with Crippen molar-refractivity contribution in [1.29, 1.82) is 0 Å². The fourth-order valence-electron chi connectivity index (χ4n) is 2.22. The summed E-state index contributed by atoms with van der Waals surface area (Å²) in [6.45, 7) is 2.54. The first-order valence-corrected chi connectivity index (χ1v) is 6.66. The van der Waals surface area contributed by atoms with E-state index < -0.39 is 0 Å². The Morgan fingerprint density at radius 2 is 2.05 bits per heavy atom. The van der Waals surface area contributed by atoms with Crippen molar-refractivity contribution in [2.24, 2.45) is 7.05 Å². The van der Waals surface area contributed by atoms with Crippen LogP contribution >= 0.6 is 11.6 Å². The summed E-state index contributed by atoms with van der Waals surface area (Å²) >= 11 is 6.15. The van der Waals surface area contributed by atoms with Crippen LogP contribution in [-0.4, -0.2) is 19.7 Å². The average molecular weight is 288 g/mol. The van der Waals surface area contributed by atoms with Gasteiger partial charge in [0.1, 0.15) is 17.4 Å². The molecule has 1 aromatic carbocycles. The third-order valence-corrected chi connectivity index (χ3v) is 3.56. The van der Waals surface area contributed by atoms with Crippen LogP contribution in [0.3, 0.4) is 0 Å². The smallest absolute Gasteiger partial charge is 0.155 e. The van der Waals surface area contributed by atoms with Crippen molar-refractivity contribution in [3.8, 4) is 0 Å². The summed E-state index contributed by atoms with van der Waals surface area (Å²) in [5.41, 5.74) is 3.69. The first-order chi connectivity index (χ1) is 9.66. The van der Waals surface area contributed by atoms with Gasteiger partial charge in [0.2, 0.25) is 0 Å². The van der Waals surface area contributed by atoms with E-state index in [1.807, 2.05) is 38.2 Å². The van der Waals surface area contributed by atoms with Crippen LogP contribution in [0.1, 0.15) is 11.3 Å². The maximum absolute atomic E-state index is 6.15. The second kappa shape index (κ2) is 5.09. The third kappa shape index (κ3) is 2.20. The SMILES string of the molecule is Cc1nn(C)c2c(NCc3ccccc3Cl)ncnc12. The van der Waals surface area contributed by atoms with Crippen molar-refractivity contribution in [3.05, 3.63) is 46.9 Å². The van der Waals surface area contributed by atoms with Crippen LogP contribution in [0.4, 0.5) is 5.82 Å². The standard InChI is InChI=1S/C14H14ClN5/c1-9-12-13(20(2)19-9)14(18-8-17-12)16-7-10-5-3-4-6-11(10)15/h3-6,8H,7H2,1-2H3,(H,16,17,18). The zero-order valence-corrected chi connectivity index (χ0v) is 12.0. The van der Waals surface area contributed by atoms with Crippen molar-refractivity contribution in [3.63, 3.8) is 0 Å². The van der Waals surface area contributed by atoms with E-state index in [1.165, 1.54) is 0 Å². The minimum atomic E-state index is 0.607. The molecule has 102 valence electrons. The van der Waals surface area contributed by atoms with Gasteiger partial charge >= 0.3 is 0 Å². The Labute approximate surface area is 121 Å². The molecule has 6 heteroatoms. The molecule has 0 spiro atoms. The number of anilines is 1. The Balaban J connectivity index is 1.94. The lowest BCUT2D eigenvalue weighted by Gasteiger charge is -2.08. The lowest BCUT2D eigenvalue weighted by atomic mass is 10.2. The molecule has 0 fully saturated rings. The number of hydrogen-bond acceptors (Lipinski definition) is 4. The molecule has 3 aromatic rings. The number of benzene rings is 1. The Morgan fingerprint density at radius 1 is 1.25 bits per heavy atom. The van der Waals surface area contributed by atoms with Crippen LogP contribution in [0.15, 0.2) is 30.6 Å². The Hall–Kier alpha value is -2.14. The Kier molecular flexibility index (Phi) is 3.28. The minimum absolute atomic E-state index is 0.607. The molecule has 0 unspecified atom stereocenters. The van der Waals surface area contributed by atoms with Crippen LogP contribution < -0.4 is 5.32 Å². The summed E-state index contributed by atoms with van der Waals surface area (Å²) in [6, 6.07) is 7.75. The van der Waals surface area contributed by atoms with Gasteiger partial charge in [0, 0.05) is 18.6 Å². The van der Waals surface area contributed by atoms with E-state index in [4.69, 9.17) is 11.6 Å². The van der Waals surface area contributed by atoms with Crippen molar-refractivity contribution >= 4 is 28.5 Å². The molecular formula is C14H14ClN5. The molecule has 2 heterocycles. The number of aromatic nitrogens is 4. The maximum atomic E-state index is 6.15. The van der Waals surface area contributed by atoms with Gasteiger partial charge in [0.25, 0.3) is 0 Å². The Bertz CT molecular complexity index is 765. The molecule has 0 aliphatic heterocycles. The van der Waals surface area contributed by atoms with Gasteiger partial charge in [0.05, 0.1) is 5.69 Å². The largest absolute Gasteiger partial charge is 0.364 e. The third-order valence-electron chi connectivity index (χ3n) is 3.19.